The molecule has 0 nitrogen and oxygen atoms in total. The van der Waals surface area contributed by atoms with E-state index >= 15 is 0 Å². The summed E-state index contributed by atoms with van der Waals surface area (Å²) in [6.07, 6.45) is 0. The third-order valence-electron chi connectivity index (χ3n) is 31.7. The maximum atomic E-state index is 1.33. The van der Waals surface area contributed by atoms with Crippen LogP contribution in [0.2, 0.25) is 0 Å². The fourth-order valence-corrected chi connectivity index (χ4v) is 32.7. The highest BCUT2D eigenvalue weighted by Crippen LogP contribution is 3.04. The van der Waals surface area contributed by atoms with Crippen molar-refractivity contribution in [3.05, 3.63) is 0 Å². The van der Waals surface area contributed by atoms with Gasteiger partial charge in [-0.05, 0) is 284 Å². The number of fused-ring (bicyclic) bond motifs is 33. The first-order valence-corrected chi connectivity index (χ1v) is 24.0. The van der Waals surface area contributed by atoms with Crippen molar-refractivity contribution in [2.45, 2.75) is 0 Å². The molecule has 30 fully saturated rings. The lowest BCUT2D eigenvalue weighted by Crippen LogP contribution is -3.00. The summed E-state index contributed by atoms with van der Waals surface area (Å²) in [4.78, 5) is 0. The third kappa shape index (κ3) is 1.15. The van der Waals surface area contributed by atoms with E-state index in [-0.39, 0.29) is 0 Å². The molecule has 0 spiro atoms. The maximum absolute atomic E-state index is 1.33. The minimum Gasteiger partial charge on any atom is -0.0312 e. The Labute approximate surface area is 283 Å². The summed E-state index contributed by atoms with van der Waals surface area (Å²) >= 11 is 0. The van der Waals surface area contributed by atoms with Gasteiger partial charge in [0.1, 0.15) is 0 Å². The number of hydrogen-bond donors (Lipinski definition) is 0. The highest BCUT2D eigenvalue weighted by molar-refractivity contribution is 5.48. The van der Waals surface area contributed by atoms with E-state index in [0.717, 1.165) is 0 Å². The van der Waals surface area contributed by atoms with Crippen LogP contribution in [-0.4, -0.2) is 0 Å². The van der Waals surface area contributed by atoms with Gasteiger partial charge in [-0.1, -0.05) is 0 Å². The van der Waals surface area contributed by atoms with E-state index in [1.54, 1.807) is 0 Å². The SMILES string of the molecule is C12C3C1C1C2C31.C12C3C4C1C1C2C2C3C4C12.C12C3C4C1C1C2C3C41.C12C3C4C1C1C4C4C5C3C2C5C14.C12C3C4C1C1C5C6C1C2C3C6C54. The topological polar surface area (TPSA) is 0 Å². The van der Waals surface area contributed by atoms with E-state index in [0.29, 0.717) is 0 Å². The van der Waals surface area contributed by atoms with Crippen LogP contribution < -0.4 is 0 Å². The van der Waals surface area contributed by atoms with Gasteiger partial charge < -0.3 is 0 Å². The highest BCUT2D eigenvalue weighted by Gasteiger charge is 3.01. The van der Waals surface area contributed by atoms with Crippen molar-refractivity contribution >= 4 is 0 Å². The fourth-order valence-electron chi connectivity index (χ4n) is 32.7. The molecule has 0 amide bonds. The van der Waals surface area contributed by atoms with E-state index in [9.17, 15) is 0 Å². The van der Waals surface area contributed by atoms with Crippen molar-refractivity contribution < 1.29 is 0 Å². The van der Waals surface area contributed by atoms with Gasteiger partial charge in [-0.25, -0.2) is 0 Å². The zero-order valence-corrected chi connectivity index (χ0v) is 27.7. The second kappa shape index (κ2) is 4.80. The Morgan fingerprint density at radius 3 is 0.0833 bits per heavy atom. The molecule has 30 saturated carbocycles. The van der Waals surface area contributed by atoms with Gasteiger partial charge in [0.15, 0.2) is 0 Å². The summed E-state index contributed by atoms with van der Waals surface area (Å²) in [5, 5.41) is 0. The number of hydrogen-bond acceptors (Lipinski definition) is 0. The zero-order valence-electron chi connectivity index (χ0n) is 27.7. The van der Waals surface area contributed by atoms with Crippen molar-refractivity contribution in [1.29, 1.82) is 0 Å². The summed E-state index contributed by atoms with van der Waals surface area (Å²) in [6, 6.07) is 0. The van der Waals surface area contributed by atoms with Crippen LogP contribution in [0.3, 0.4) is 0 Å². The lowest BCUT2D eigenvalue weighted by atomic mass is 9.01. The Bertz CT molecular complexity index is 1430. The molecule has 0 aromatic heterocycles. The molecule has 0 aliphatic heterocycles. The van der Waals surface area contributed by atoms with E-state index < -0.39 is 0 Å². The summed E-state index contributed by atoms with van der Waals surface area (Å²) in [6.45, 7) is 0. The molecule has 30 aliphatic carbocycles. The summed E-state index contributed by atoms with van der Waals surface area (Å²) in [5.41, 5.74) is 0. The van der Waals surface area contributed by atoms with Crippen LogP contribution >= 0.6 is 0 Å². The first kappa shape index (κ1) is 20.5. The zero-order chi connectivity index (χ0) is 27.7. The summed E-state index contributed by atoms with van der Waals surface area (Å²) in [7, 11) is 0. The molecular formula is C48H48. The van der Waals surface area contributed by atoms with E-state index in [2.05, 4.69) is 0 Å². The maximum Gasteiger partial charge on any atom is -0.0312 e. The van der Waals surface area contributed by atoms with E-state index in [1.165, 1.54) is 284 Å². The van der Waals surface area contributed by atoms with Crippen molar-refractivity contribution in [3.63, 3.8) is 0 Å². The molecule has 0 bridgehead atoms. The fraction of sp³-hybridized carbons (Fsp3) is 1.00. The van der Waals surface area contributed by atoms with Crippen LogP contribution in [-0.2, 0) is 0 Å². The molecule has 0 saturated heterocycles. The van der Waals surface area contributed by atoms with Crippen molar-refractivity contribution in [2.24, 2.45) is 284 Å². The molecule has 0 aromatic rings. The molecule has 0 atom stereocenters. The van der Waals surface area contributed by atoms with Crippen LogP contribution in [0.5, 0.6) is 0 Å². The lowest BCUT2D eigenvalue weighted by molar-refractivity contribution is -0.565. The van der Waals surface area contributed by atoms with Crippen LogP contribution in [0.1, 0.15) is 0 Å². The minimum absolute atomic E-state index is 1.33. The lowest BCUT2D eigenvalue weighted by Gasteiger charge is -3.03. The van der Waals surface area contributed by atoms with Gasteiger partial charge in [0.05, 0.1) is 0 Å². The van der Waals surface area contributed by atoms with Crippen molar-refractivity contribution in [1.82, 2.24) is 0 Å². The van der Waals surface area contributed by atoms with Gasteiger partial charge in [-0.15, -0.1) is 0 Å². The molecule has 0 unspecified atom stereocenters. The van der Waals surface area contributed by atoms with Gasteiger partial charge in [-0.3, -0.25) is 0 Å². The molecule has 48 heavy (non-hydrogen) atoms. The predicted octanol–water partition coefficient (Wildman–Crippen LogP) is 5.90. The second-order valence-electron chi connectivity index (χ2n) is 27.7. The molecule has 30 rings (SSSR count). The molecule has 0 heteroatoms. The first-order chi connectivity index (χ1) is 24.0. The normalized spacial score (nSPS) is 108. The van der Waals surface area contributed by atoms with Gasteiger partial charge >= 0.3 is 0 Å². The van der Waals surface area contributed by atoms with Crippen LogP contribution in [0.25, 0.3) is 0 Å². The second-order valence-corrected chi connectivity index (χ2v) is 27.7. The minimum atomic E-state index is 1.33. The molecule has 0 aromatic carbocycles. The molecular weight excluding hydrogens is 577 g/mol. The Morgan fingerprint density at radius 1 is 0.0417 bits per heavy atom. The van der Waals surface area contributed by atoms with Crippen molar-refractivity contribution in [2.75, 3.05) is 0 Å². The average Bonchev–Trinajstić information content (AvgIpc) is 3.65. The third-order valence-corrected chi connectivity index (χ3v) is 31.7. The molecule has 30 aliphatic rings. The van der Waals surface area contributed by atoms with Crippen LogP contribution in [0.15, 0.2) is 0 Å². The largest absolute Gasteiger partial charge is 0.0312 e. The van der Waals surface area contributed by atoms with Gasteiger partial charge in [0, 0.05) is 0 Å². The summed E-state index contributed by atoms with van der Waals surface area (Å²) in [5.74, 6) is 64.0. The molecule has 0 heterocycles. The summed E-state index contributed by atoms with van der Waals surface area (Å²) < 4.78 is 0. The monoisotopic (exact) mass is 624 g/mol. The van der Waals surface area contributed by atoms with Crippen molar-refractivity contribution in [3.8, 4) is 0 Å². The Kier molecular flexibility index (Phi) is 2.04. The highest BCUT2D eigenvalue weighted by atomic mass is 15.1. The molecule has 0 radical (unpaired) electrons. The van der Waals surface area contributed by atoms with Crippen LogP contribution in [0.4, 0.5) is 0 Å². The van der Waals surface area contributed by atoms with Crippen LogP contribution in [0, 0.1) is 284 Å². The van der Waals surface area contributed by atoms with Gasteiger partial charge in [-0.2, -0.15) is 0 Å². The quantitative estimate of drug-likeness (QED) is 0.295. The first-order valence-electron chi connectivity index (χ1n) is 24.0. The smallest absolute Gasteiger partial charge is 0.0312 e. The Balaban J connectivity index is 0.0000000529. The van der Waals surface area contributed by atoms with Gasteiger partial charge in [0.25, 0.3) is 0 Å². The van der Waals surface area contributed by atoms with E-state index in [4.69, 9.17) is 0 Å². The predicted molar refractivity (Wildman–Crippen MR) is 168 cm³/mol. The molecule has 240 valence electrons. The molecule has 0 N–H and O–H groups in total. The van der Waals surface area contributed by atoms with Gasteiger partial charge in [0.2, 0.25) is 0 Å². The Hall–Kier alpha value is 0. The Morgan fingerprint density at radius 2 is 0.0625 bits per heavy atom. The number of rotatable bonds is 0. The van der Waals surface area contributed by atoms with E-state index in [1.807, 2.05) is 0 Å². The standard InChI is InChI=1S/2C12H12.C10H10.C8H8.C6H6/c1-2-5-7-8-6(9(1)10(2)8)4-3(1)11(5)12(4)7;1-2-5-3(1)7-9(5)12-10-6(2)4(1)8(10)11(7)12;1-2-5-3(1)7-8-4(1)6(2)10(8)9(5)7;1-2-5-3(1)7-4(1)6(2)8(5)7;1-2-3(1)6-4(1)5(2)6/h2*1-12H;1-10H;1-8H;1-6H. The average molecular weight is 625 g/mol.